The number of halogens is 2. The summed E-state index contributed by atoms with van der Waals surface area (Å²) < 4.78 is 10.3. The van der Waals surface area contributed by atoms with E-state index in [0.29, 0.717) is 34.1 Å². The predicted molar refractivity (Wildman–Crippen MR) is 113 cm³/mol. The maximum atomic E-state index is 13.3. The van der Waals surface area contributed by atoms with E-state index < -0.39 is 24.0 Å². The van der Waals surface area contributed by atoms with Crippen molar-refractivity contribution >= 4 is 41.5 Å². The second-order valence-corrected chi connectivity index (χ2v) is 7.82. The molecule has 2 atom stereocenters. The van der Waals surface area contributed by atoms with Crippen molar-refractivity contribution in [3.05, 3.63) is 63.6 Å². The molecule has 0 N–H and O–H groups in total. The molecular weight excluding hydrogens is 429 g/mol. The Bertz CT molecular complexity index is 911. The molecule has 0 bridgehead atoms. The molecule has 0 unspecified atom stereocenters. The zero-order valence-electron chi connectivity index (χ0n) is 16.3. The smallest absolute Gasteiger partial charge is 0.416 e. The lowest BCUT2D eigenvalue weighted by atomic mass is 9.94. The first-order chi connectivity index (χ1) is 14.4. The predicted octanol–water partition coefficient (Wildman–Crippen LogP) is 4.34. The second-order valence-electron chi connectivity index (χ2n) is 7.00. The Morgan fingerprint density at radius 2 is 1.93 bits per heavy atom. The van der Waals surface area contributed by atoms with Crippen molar-refractivity contribution in [3.8, 4) is 5.75 Å². The molecule has 1 aliphatic rings. The third kappa shape index (κ3) is 4.94. The molecule has 2 amide bonds. The number of benzene rings is 2. The summed E-state index contributed by atoms with van der Waals surface area (Å²) in [6, 6.07) is 12.3. The molecule has 8 heteroatoms. The average molecular weight is 450 g/mol. The molecule has 30 heavy (non-hydrogen) atoms. The fraction of sp³-hybridized carbons (Fsp3) is 0.318. The van der Waals surface area contributed by atoms with Crippen LogP contribution in [0.1, 0.15) is 17.5 Å². The van der Waals surface area contributed by atoms with Crippen LogP contribution in [-0.2, 0) is 27.2 Å². The lowest BCUT2D eigenvalue weighted by Crippen LogP contribution is -2.44. The van der Waals surface area contributed by atoms with Gasteiger partial charge in [0.2, 0.25) is 5.91 Å². The van der Waals surface area contributed by atoms with Gasteiger partial charge in [-0.2, -0.15) is 0 Å². The molecule has 1 fully saturated rings. The Kier molecular flexibility index (Phi) is 7.34. The number of methoxy groups -OCH3 is 1. The first-order valence-electron chi connectivity index (χ1n) is 9.43. The molecule has 6 nitrogen and oxygen atoms in total. The SMILES string of the molecule is COc1cc(Cl)c(C[C@H](CC=O)C(=O)N2C(=O)OC[C@H]2Cc2ccccc2)c(Cl)c1. The Labute approximate surface area is 184 Å². The maximum Gasteiger partial charge on any atom is 0.416 e. The van der Waals surface area contributed by atoms with Crippen molar-refractivity contribution < 1.29 is 23.9 Å². The average Bonchev–Trinajstić information content (AvgIpc) is 3.09. The van der Waals surface area contributed by atoms with Crippen molar-refractivity contribution in [2.75, 3.05) is 13.7 Å². The second kappa shape index (κ2) is 9.96. The van der Waals surface area contributed by atoms with Gasteiger partial charge in [0.25, 0.3) is 0 Å². The Morgan fingerprint density at radius 1 is 1.27 bits per heavy atom. The Balaban J connectivity index is 1.83. The van der Waals surface area contributed by atoms with E-state index in [2.05, 4.69) is 0 Å². The highest BCUT2D eigenvalue weighted by Gasteiger charge is 2.41. The number of rotatable bonds is 8. The number of ether oxygens (including phenoxy) is 2. The highest BCUT2D eigenvalue weighted by Crippen LogP contribution is 2.33. The van der Waals surface area contributed by atoms with Gasteiger partial charge in [-0.25, -0.2) is 9.69 Å². The van der Waals surface area contributed by atoms with Crippen LogP contribution in [0.2, 0.25) is 10.0 Å². The molecule has 3 rings (SSSR count). The monoisotopic (exact) mass is 449 g/mol. The minimum Gasteiger partial charge on any atom is -0.497 e. The van der Waals surface area contributed by atoms with Crippen molar-refractivity contribution in [1.82, 2.24) is 4.90 Å². The third-order valence-corrected chi connectivity index (χ3v) is 5.72. The van der Waals surface area contributed by atoms with Gasteiger partial charge >= 0.3 is 6.09 Å². The number of nitrogens with zero attached hydrogens (tertiary/aromatic N) is 1. The van der Waals surface area contributed by atoms with Crippen LogP contribution in [0.15, 0.2) is 42.5 Å². The standard InChI is InChI=1S/C22H21Cl2NO5/c1-29-17-11-19(23)18(20(24)12-17)10-15(7-8-26)21(27)25-16(13-30-22(25)28)9-14-5-3-2-4-6-14/h2-6,8,11-12,15-16H,7,9-10,13H2,1H3/t15-,16+/m0/s1. The Morgan fingerprint density at radius 3 is 2.53 bits per heavy atom. The van der Waals surface area contributed by atoms with Gasteiger partial charge in [0.1, 0.15) is 18.6 Å². The molecular formula is C22H21Cl2NO5. The first-order valence-corrected chi connectivity index (χ1v) is 10.2. The van der Waals surface area contributed by atoms with Gasteiger partial charge in [-0.3, -0.25) is 4.79 Å². The molecule has 2 aromatic rings. The van der Waals surface area contributed by atoms with Crippen LogP contribution >= 0.6 is 23.2 Å². The van der Waals surface area contributed by atoms with Gasteiger partial charge in [-0.15, -0.1) is 0 Å². The lowest BCUT2D eigenvalue weighted by Gasteiger charge is -2.24. The highest BCUT2D eigenvalue weighted by atomic mass is 35.5. The molecule has 2 aromatic carbocycles. The van der Waals surface area contributed by atoms with Crippen LogP contribution in [0, 0.1) is 5.92 Å². The van der Waals surface area contributed by atoms with Crippen LogP contribution in [-0.4, -0.2) is 42.9 Å². The molecule has 1 heterocycles. The van der Waals surface area contributed by atoms with E-state index in [4.69, 9.17) is 32.7 Å². The van der Waals surface area contributed by atoms with Crippen molar-refractivity contribution in [3.63, 3.8) is 0 Å². The molecule has 0 spiro atoms. The number of aldehydes is 1. The van der Waals surface area contributed by atoms with E-state index in [1.165, 1.54) is 7.11 Å². The van der Waals surface area contributed by atoms with E-state index in [1.807, 2.05) is 30.3 Å². The zero-order valence-corrected chi connectivity index (χ0v) is 17.9. The van der Waals surface area contributed by atoms with Crippen molar-refractivity contribution in [2.45, 2.75) is 25.3 Å². The zero-order chi connectivity index (χ0) is 21.7. The molecule has 1 aliphatic heterocycles. The third-order valence-electron chi connectivity index (χ3n) is 5.04. The van der Waals surface area contributed by atoms with E-state index >= 15 is 0 Å². The molecule has 0 saturated carbocycles. The van der Waals surface area contributed by atoms with Gasteiger partial charge in [0.05, 0.1) is 13.2 Å². The number of amides is 2. The van der Waals surface area contributed by atoms with Crippen molar-refractivity contribution in [1.29, 1.82) is 0 Å². The Hall–Kier alpha value is -2.57. The quantitative estimate of drug-likeness (QED) is 0.560. The summed E-state index contributed by atoms with van der Waals surface area (Å²) in [6.07, 6.45) is 0.460. The van der Waals surface area contributed by atoms with Crippen LogP contribution in [0.3, 0.4) is 0 Å². The molecule has 1 saturated heterocycles. The largest absolute Gasteiger partial charge is 0.497 e. The maximum absolute atomic E-state index is 13.3. The fourth-order valence-electron chi connectivity index (χ4n) is 3.49. The first kappa shape index (κ1) is 22.1. The number of hydrogen-bond acceptors (Lipinski definition) is 5. The molecule has 0 aromatic heterocycles. The van der Waals surface area contributed by atoms with Gasteiger partial charge in [0, 0.05) is 22.4 Å². The van der Waals surface area contributed by atoms with Gasteiger partial charge in [-0.1, -0.05) is 53.5 Å². The van der Waals surface area contributed by atoms with E-state index in [0.717, 1.165) is 10.5 Å². The summed E-state index contributed by atoms with van der Waals surface area (Å²) in [5, 5.41) is 0.653. The molecule has 0 radical (unpaired) electrons. The van der Waals surface area contributed by atoms with Crippen LogP contribution in [0.25, 0.3) is 0 Å². The van der Waals surface area contributed by atoms with E-state index in [-0.39, 0.29) is 19.4 Å². The van der Waals surface area contributed by atoms with Gasteiger partial charge < -0.3 is 14.3 Å². The minimum atomic E-state index is -0.796. The van der Waals surface area contributed by atoms with Crippen LogP contribution in [0.4, 0.5) is 4.79 Å². The molecule has 0 aliphatic carbocycles. The van der Waals surface area contributed by atoms with Gasteiger partial charge in [-0.05, 0) is 36.1 Å². The lowest BCUT2D eigenvalue weighted by molar-refractivity contribution is -0.134. The summed E-state index contributed by atoms with van der Waals surface area (Å²) >= 11 is 12.6. The number of imide groups is 1. The van der Waals surface area contributed by atoms with Crippen LogP contribution < -0.4 is 4.74 Å². The van der Waals surface area contributed by atoms with Crippen LogP contribution in [0.5, 0.6) is 5.75 Å². The number of cyclic esters (lactones) is 1. The summed E-state index contributed by atoms with van der Waals surface area (Å²) in [5.41, 5.74) is 1.50. The van der Waals surface area contributed by atoms with Gasteiger partial charge in [0.15, 0.2) is 0 Å². The summed E-state index contributed by atoms with van der Waals surface area (Å²) in [5.74, 6) is -0.790. The summed E-state index contributed by atoms with van der Waals surface area (Å²) in [4.78, 5) is 38.0. The van der Waals surface area contributed by atoms with E-state index in [1.54, 1.807) is 12.1 Å². The minimum absolute atomic E-state index is 0.0701. The highest BCUT2D eigenvalue weighted by molar-refractivity contribution is 6.36. The summed E-state index contributed by atoms with van der Waals surface area (Å²) in [7, 11) is 1.49. The van der Waals surface area contributed by atoms with Crippen molar-refractivity contribution in [2.24, 2.45) is 5.92 Å². The fourth-order valence-corrected chi connectivity index (χ4v) is 4.11. The summed E-state index contributed by atoms with van der Waals surface area (Å²) in [6.45, 7) is 0.108. The number of hydrogen-bond donors (Lipinski definition) is 0. The topological polar surface area (TPSA) is 72.9 Å². The molecule has 158 valence electrons. The number of carbonyl (C=O) groups is 3. The normalized spacial score (nSPS) is 16.8. The van der Waals surface area contributed by atoms with E-state index in [9.17, 15) is 14.4 Å². The number of carbonyl (C=O) groups excluding carboxylic acids is 3.